The van der Waals surface area contributed by atoms with Crippen LogP contribution in [0.5, 0.6) is 5.75 Å². The van der Waals surface area contributed by atoms with E-state index in [1.807, 2.05) is 0 Å². The molecule has 1 aliphatic heterocycles. The average Bonchev–Trinajstić information content (AvgIpc) is 2.36. The summed E-state index contributed by atoms with van der Waals surface area (Å²) in [5.41, 5.74) is 0.703. The van der Waals surface area contributed by atoms with E-state index in [0.717, 1.165) is 32.6 Å². The first-order valence-electron chi connectivity index (χ1n) is 6.15. The molecule has 1 saturated heterocycles. The average molecular weight is 311 g/mol. The van der Waals surface area contributed by atoms with Gasteiger partial charge in [0.1, 0.15) is 11.6 Å². The normalized spacial score (nSPS) is 17.2. The van der Waals surface area contributed by atoms with Gasteiger partial charge < -0.3 is 10.4 Å². The number of hydrogen-bond donors (Lipinski definition) is 2. The quantitative estimate of drug-likeness (QED) is 0.901. The summed E-state index contributed by atoms with van der Waals surface area (Å²) in [5, 5.41) is 13.2. The van der Waals surface area contributed by atoms with Gasteiger partial charge in [-0.15, -0.1) is 24.8 Å². The zero-order chi connectivity index (χ0) is 12.3. The van der Waals surface area contributed by atoms with Gasteiger partial charge >= 0.3 is 0 Å². The number of phenolic OH excluding ortho intramolecular Hbond substituents is 1. The second-order valence-electron chi connectivity index (χ2n) is 4.41. The van der Waals surface area contributed by atoms with Crippen LogP contribution in [0.25, 0.3) is 0 Å². The smallest absolute Gasteiger partial charge is 0.123 e. The fourth-order valence-corrected chi connectivity index (χ4v) is 2.46. The van der Waals surface area contributed by atoms with Gasteiger partial charge in [-0.05, 0) is 24.6 Å². The minimum Gasteiger partial charge on any atom is -0.508 e. The van der Waals surface area contributed by atoms with Crippen molar-refractivity contribution in [2.45, 2.75) is 19.4 Å². The number of benzene rings is 1. The summed E-state index contributed by atoms with van der Waals surface area (Å²) in [7, 11) is 0. The van der Waals surface area contributed by atoms with E-state index in [0.29, 0.717) is 5.56 Å². The van der Waals surface area contributed by atoms with E-state index in [-0.39, 0.29) is 42.4 Å². The third-order valence-electron chi connectivity index (χ3n) is 3.33. The molecule has 1 fully saturated rings. The summed E-state index contributed by atoms with van der Waals surface area (Å²) in [5.74, 6) is -0.0943. The van der Waals surface area contributed by atoms with Crippen molar-refractivity contribution in [3.05, 3.63) is 29.6 Å². The molecule has 1 aromatic carbocycles. The first kappa shape index (κ1) is 18.4. The Morgan fingerprint density at radius 2 is 1.95 bits per heavy atom. The van der Waals surface area contributed by atoms with Crippen molar-refractivity contribution in [3.8, 4) is 5.75 Å². The predicted octanol–water partition coefficient (Wildman–Crippen LogP) is 2.73. The molecule has 3 nitrogen and oxygen atoms in total. The number of hydrogen-bond acceptors (Lipinski definition) is 3. The molecule has 2 N–H and O–H groups in total. The number of aromatic hydroxyl groups is 1. The van der Waals surface area contributed by atoms with Crippen LogP contribution in [0.15, 0.2) is 18.2 Å². The van der Waals surface area contributed by atoms with E-state index in [9.17, 15) is 9.50 Å². The number of nitrogens with one attached hydrogen (secondary N) is 1. The van der Waals surface area contributed by atoms with Gasteiger partial charge in [0.2, 0.25) is 0 Å². The molecule has 19 heavy (non-hydrogen) atoms. The SMILES string of the molecule is CC[C@H](c1cc(F)ccc1O)N1CCNCC1.Cl.Cl. The van der Waals surface area contributed by atoms with Crippen molar-refractivity contribution in [1.29, 1.82) is 0 Å². The highest BCUT2D eigenvalue weighted by atomic mass is 35.5. The summed E-state index contributed by atoms with van der Waals surface area (Å²) in [6.45, 7) is 5.85. The molecule has 1 aromatic rings. The zero-order valence-corrected chi connectivity index (χ0v) is 12.6. The summed E-state index contributed by atoms with van der Waals surface area (Å²) in [6, 6.07) is 4.29. The molecule has 0 bridgehead atoms. The van der Waals surface area contributed by atoms with Crippen molar-refractivity contribution in [2.75, 3.05) is 26.2 Å². The van der Waals surface area contributed by atoms with Crippen molar-refractivity contribution in [1.82, 2.24) is 10.2 Å². The largest absolute Gasteiger partial charge is 0.508 e. The maximum absolute atomic E-state index is 13.3. The van der Waals surface area contributed by atoms with Gasteiger partial charge in [0, 0.05) is 37.8 Å². The first-order valence-corrected chi connectivity index (χ1v) is 6.15. The minimum absolute atomic E-state index is 0. The van der Waals surface area contributed by atoms with Crippen molar-refractivity contribution < 1.29 is 9.50 Å². The van der Waals surface area contributed by atoms with E-state index in [2.05, 4.69) is 17.1 Å². The summed E-state index contributed by atoms with van der Waals surface area (Å²) in [6.07, 6.45) is 0.872. The fraction of sp³-hybridized carbons (Fsp3) is 0.538. The number of halogens is 3. The van der Waals surface area contributed by atoms with Crippen molar-refractivity contribution in [2.24, 2.45) is 0 Å². The molecule has 0 saturated carbocycles. The first-order chi connectivity index (χ1) is 8.22. The molecule has 1 atom stereocenters. The van der Waals surface area contributed by atoms with Crippen LogP contribution in [-0.2, 0) is 0 Å². The maximum Gasteiger partial charge on any atom is 0.123 e. The van der Waals surface area contributed by atoms with E-state index in [1.54, 1.807) is 0 Å². The van der Waals surface area contributed by atoms with Crippen molar-refractivity contribution >= 4 is 24.8 Å². The van der Waals surface area contributed by atoms with Crippen LogP contribution >= 0.6 is 24.8 Å². The molecular formula is C13H21Cl2FN2O. The highest BCUT2D eigenvalue weighted by Gasteiger charge is 2.23. The Morgan fingerprint density at radius 1 is 1.32 bits per heavy atom. The monoisotopic (exact) mass is 310 g/mol. The van der Waals surface area contributed by atoms with Gasteiger partial charge in [-0.2, -0.15) is 0 Å². The molecule has 0 radical (unpaired) electrons. The molecule has 0 aliphatic carbocycles. The van der Waals surface area contributed by atoms with Gasteiger partial charge in [0.25, 0.3) is 0 Å². The van der Waals surface area contributed by atoms with Crippen LogP contribution in [0.2, 0.25) is 0 Å². The zero-order valence-electron chi connectivity index (χ0n) is 10.9. The molecule has 110 valence electrons. The lowest BCUT2D eigenvalue weighted by atomic mass is 10.0. The Bertz CT molecular complexity index is 387. The van der Waals surface area contributed by atoms with Gasteiger partial charge in [-0.1, -0.05) is 6.92 Å². The summed E-state index contributed by atoms with van der Waals surface area (Å²) in [4.78, 5) is 2.30. The van der Waals surface area contributed by atoms with Crippen molar-refractivity contribution in [3.63, 3.8) is 0 Å². The highest BCUT2D eigenvalue weighted by Crippen LogP contribution is 2.31. The second-order valence-corrected chi connectivity index (χ2v) is 4.41. The van der Waals surface area contributed by atoms with Gasteiger partial charge in [0.05, 0.1) is 0 Å². The summed E-state index contributed by atoms with van der Waals surface area (Å²) >= 11 is 0. The molecule has 2 rings (SSSR count). The molecule has 0 spiro atoms. The Hall–Kier alpha value is -0.550. The van der Waals surface area contributed by atoms with E-state index >= 15 is 0 Å². The topological polar surface area (TPSA) is 35.5 Å². The fourth-order valence-electron chi connectivity index (χ4n) is 2.46. The Kier molecular flexibility index (Phi) is 8.34. The number of piperazine rings is 1. The van der Waals surface area contributed by atoms with Crippen LogP contribution in [0.4, 0.5) is 4.39 Å². The summed E-state index contributed by atoms with van der Waals surface area (Å²) < 4.78 is 13.3. The van der Waals surface area contributed by atoms with Gasteiger partial charge in [-0.3, -0.25) is 4.90 Å². The van der Waals surface area contributed by atoms with E-state index < -0.39 is 0 Å². The molecule has 0 unspecified atom stereocenters. The number of nitrogens with zero attached hydrogens (tertiary/aromatic N) is 1. The molecule has 1 aliphatic rings. The van der Waals surface area contributed by atoms with E-state index in [4.69, 9.17) is 0 Å². The van der Waals surface area contributed by atoms with Gasteiger partial charge in [-0.25, -0.2) is 4.39 Å². The lowest BCUT2D eigenvalue weighted by molar-refractivity contribution is 0.166. The van der Waals surface area contributed by atoms with Gasteiger partial charge in [0.15, 0.2) is 0 Å². The van der Waals surface area contributed by atoms with Crippen LogP contribution in [-0.4, -0.2) is 36.2 Å². The molecule has 6 heteroatoms. The third-order valence-corrected chi connectivity index (χ3v) is 3.33. The lowest BCUT2D eigenvalue weighted by Gasteiger charge is -2.35. The molecule has 1 heterocycles. The predicted molar refractivity (Wildman–Crippen MR) is 80.0 cm³/mol. The van der Waals surface area contributed by atoms with Crippen LogP contribution in [0, 0.1) is 5.82 Å². The third kappa shape index (κ3) is 4.49. The standard InChI is InChI=1S/C13H19FN2O.2ClH/c1-2-12(16-7-5-15-6-8-16)11-9-10(14)3-4-13(11)17;;/h3-4,9,12,15,17H,2,5-8H2,1H3;2*1H/t12-;;/m1../s1. The number of rotatable bonds is 3. The minimum atomic E-state index is -0.286. The molecule has 0 aromatic heterocycles. The lowest BCUT2D eigenvalue weighted by Crippen LogP contribution is -2.45. The Morgan fingerprint density at radius 3 is 2.53 bits per heavy atom. The maximum atomic E-state index is 13.3. The highest BCUT2D eigenvalue weighted by molar-refractivity contribution is 5.85. The Labute approximate surface area is 126 Å². The second kappa shape index (κ2) is 8.59. The Balaban J connectivity index is 0.00000162. The van der Waals surface area contributed by atoms with E-state index in [1.165, 1.54) is 18.2 Å². The molecular weight excluding hydrogens is 290 g/mol. The van der Waals surface area contributed by atoms with Crippen LogP contribution < -0.4 is 5.32 Å². The molecule has 0 amide bonds. The van der Waals surface area contributed by atoms with Crippen LogP contribution in [0.3, 0.4) is 0 Å². The number of phenols is 1. The van der Waals surface area contributed by atoms with Crippen LogP contribution in [0.1, 0.15) is 24.9 Å².